The molecule has 0 aliphatic carbocycles. The average molecular weight is 511 g/mol. The Morgan fingerprint density at radius 1 is 1.11 bits per heavy atom. The lowest BCUT2D eigenvalue weighted by Gasteiger charge is -2.37. The van der Waals surface area contributed by atoms with Gasteiger partial charge >= 0.3 is 0 Å². The fourth-order valence-corrected chi connectivity index (χ4v) is 3.93. The SMILES string of the molecule is CCNC(=NCCCOCC1CCOCC1)N1CCOC(C2CCCO2)C1.I. The number of hydrogen-bond acceptors (Lipinski definition) is 5. The van der Waals surface area contributed by atoms with Crippen LogP contribution in [0.4, 0.5) is 0 Å². The second-order valence-corrected chi connectivity index (χ2v) is 7.63. The number of guanidine groups is 1. The molecular formula is C20H38IN3O4. The van der Waals surface area contributed by atoms with Crippen molar-refractivity contribution < 1.29 is 18.9 Å². The third kappa shape index (κ3) is 7.93. The number of halogens is 1. The number of morpholine rings is 1. The molecule has 3 aliphatic heterocycles. The van der Waals surface area contributed by atoms with Gasteiger partial charge in [-0.3, -0.25) is 4.99 Å². The molecule has 3 rings (SSSR count). The molecule has 2 unspecified atom stereocenters. The molecule has 8 heteroatoms. The van der Waals surface area contributed by atoms with Gasteiger partial charge in [0.25, 0.3) is 0 Å². The van der Waals surface area contributed by atoms with Gasteiger partial charge in [-0.1, -0.05) is 0 Å². The van der Waals surface area contributed by atoms with Gasteiger partial charge in [-0.25, -0.2) is 0 Å². The molecule has 2 atom stereocenters. The second kappa shape index (κ2) is 14.0. The van der Waals surface area contributed by atoms with Gasteiger partial charge in [0.05, 0.1) is 12.7 Å². The summed E-state index contributed by atoms with van der Waals surface area (Å²) in [4.78, 5) is 7.14. The first kappa shape index (κ1) is 24.1. The molecule has 0 radical (unpaired) electrons. The van der Waals surface area contributed by atoms with Crippen LogP contribution in [0.5, 0.6) is 0 Å². The van der Waals surface area contributed by atoms with Crippen LogP contribution in [0.25, 0.3) is 0 Å². The van der Waals surface area contributed by atoms with Gasteiger partial charge in [0.1, 0.15) is 6.10 Å². The van der Waals surface area contributed by atoms with Gasteiger partial charge in [0, 0.05) is 59.2 Å². The molecule has 1 N–H and O–H groups in total. The Morgan fingerprint density at radius 3 is 2.68 bits per heavy atom. The van der Waals surface area contributed by atoms with Crippen LogP contribution in [0, 0.1) is 5.92 Å². The molecule has 3 heterocycles. The number of nitrogens with one attached hydrogen (secondary N) is 1. The van der Waals surface area contributed by atoms with Crippen molar-refractivity contribution in [2.75, 3.05) is 65.8 Å². The molecule has 164 valence electrons. The minimum absolute atomic E-state index is 0. The fraction of sp³-hybridized carbons (Fsp3) is 0.950. The van der Waals surface area contributed by atoms with E-state index < -0.39 is 0 Å². The summed E-state index contributed by atoms with van der Waals surface area (Å²) in [6.07, 6.45) is 5.88. The van der Waals surface area contributed by atoms with Gasteiger partial charge < -0.3 is 29.2 Å². The quantitative estimate of drug-likeness (QED) is 0.234. The predicted octanol–water partition coefficient (Wildman–Crippen LogP) is 2.28. The highest BCUT2D eigenvalue weighted by Gasteiger charge is 2.32. The third-order valence-corrected chi connectivity index (χ3v) is 5.51. The Hall–Kier alpha value is -0.160. The first-order valence-corrected chi connectivity index (χ1v) is 10.8. The van der Waals surface area contributed by atoms with Crippen molar-refractivity contribution in [1.29, 1.82) is 0 Å². The van der Waals surface area contributed by atoms with E-state index >= 15 is 0 Å². The normalized spacial score (nSPS) is 26.9. The van der Waals surface area contributed by atoms with E-state index in [0.29, 0.717) is 5.92 Å². The van der Waals surface area contributed by atoms with Crippen LogP contribution in [0.2, 0.25) is 0 Å². The summed E-state index contributed by atoms with van der Waals surface area (Å²) in [6, 6.07) is 0. The van der Waals surface area contributed by atoms with Crippen LogP contribution in [0.3, 0.4) is 0 Å². The molecule has 0 bridgehead atoms. The molecule has 0 spiro atoms. The minimum atomic E-state index is 0. The first-order valence-electron chi connectivity index (χ1n) is 10.8. The van der Waals surface area contributed by atoms with Crippen LogP contribution in [0.15, 0.2) is 4.99 Å². The standard InChI is InChI=1S/C20H37N3O4.HI/c1-2-21-20(22-8-4-10-25-16-17-6-12-24-13-7-17)23-9-14-27-19(15-23)18-5-3-11-26-18;/h17-19H,2-16H2,1H3,(H,21,22);1H. The molecule has 3 aliphatic rings. The highest BCUT2D eigenvalue weighted by Crippen LogP contribution is 2.21. The topological polar surface area (TPSA) is 64.6 Å². The Bertz CT molecular complexity index is 443. The molecule has 0 aromatic rings. The second-order valence-electron chi connectivity index (χ2n) is 7.63. The van der Waals surface area contributed by atoms with Crippen molar-refractivity contribution in [2.45, 2.75) is 51.2 Å². The van der Waals surface area contributed by atoms with E-state index in [1.165, 1.54) is 0 Å². The zero-order chi connectivity index (χ0) is 18.7. The summed E-state index contributed by atoms with van der Waals surface area (Å²) in [5, 5.41) is 3.43. The Balaban J connectivity index is 0.00000280. The van der Waals surface area contributed by atoms with Crippen LogP contribution < -0.4 is 5.32 Å². The molecule has 7 nitrogen and oxygen atoms in total. The van der Waals surface area contributed by atoms with Crippen molar-refractivity contribution >= 4 is 29.9 Å². The zero-order valence-electron chi connectivity index (χ0n) is 17.3. The lowest BCUT2D eigenvalue weighted by atomic mass is 10.0. The summed E-state index contributed by atoms with van der Waals surface area (Å²) < 4.78 is 23.0. The average Bonchev–Trinajstić information content (AvgIpc) is 3.25. The molecule has 0 amide bonds. The smallest absolute Gasteiger partial charge is 0.194 e. The van der Waals surface area contributed by atoms with Crippen molar-refractivity contribution in [3.05, 3.63) is 0 Å². The molecule has 3 fully saturated rings. The number of nitrogens with zero attached hydrogens (tertiary/aromatic N) is 2. The van der Waals surface area contributed by atoms with Crippen LogP contribution in [-0.2, 0) is 18.9 Å². The predicted molar refractivity (Wildman–Crippen MR) is 121 cm³/mol. The molecule has 28 heavy (non-hydrogen) atoms. The van der Waals surface area contributed by atoms with E-state index in [1.54, 1.807) is 0 Å². The minimum Gasteiger partial charge on any atom is -0.381 e. The summed E-state index contributed by atoms with van der Waals surface area (Å²) in [5.74, 6) is 1.66. The van der Waals surface area contributed by atoms with E-state index in [1.807, 2.05) is 0 Å². The fourth-order valence-electron chi connectivity index (χ4n) is 3.93. The van der Waals surface area contributed by atoms with E-state index in [2.05, 4.69) is 17.1 Å². The maximum Gasteiger partial charge on any atom is 0.194 e. The largest absolute Gasteiger partial charge is 0.381 e. The summed E-state index contributed by atoms with van der Waals surface area (Å²) in [7, 11) is 0. The zero-order valence-corrected chi connectivity index (χ0v) is 19.6. The first-order chi connectivity index (χ1) is 13.4. The highest BCUT2D eigenvalue weighted by atomic mass is 127. The highest BCUT2D eigenvalue weighted by molar-refractivity contribution is 14.0. The lowest BCUT2D eigenvalue weighted by molar-refractivity contribution is -0.0817. The van der Waals surface area contributed by atoms with Crippen molar-refractivity contribution in [2.24, 2.45) is 10.9 Å². The molecule has 3 saturated heterocycles. The third-order valence-electron chi connectivity index (χ3n) is 5.51. The van der Waals surface area contributed by atoms with E-state index in [4.69, 9.17) is 23.9 Å². The monoisotopic (exact) mass is 511 g/mol. The maximum atomic E-state index is 5.96. The maximum absolute atomic E-state index is 5.96. The van der Waals surface area contributed by atoms with Gasteiger partial charge in [-0.05, 0) is 44.9 Å². The van der Waals surface area contributed by atoms with E-state index in [0.717, 1.165) is 104 Å². The van der Waals surface area contributed by atoms with Gasteiger partial charge in [0.2, 0.25) is 0 Å². The Labute approximate surface area is 186 Å². The number of rotatable bonds is 8. The number of aliphatic imine (C=N–C) groups is 1. The van der Waals surface area contributed by atoms with Crippen molar-refractivity contribution in [3.63, 3.8) is 0 Å². The molecular weight excluding hydrogens is 473 g/mol. The summed E-state index contributed by atoms with van der Waals surface area (Å²) >= 11 is 0. The van der Waals surface area contributed by atoms with Gasteiger partial charge in [-0.2, -0.15) is 0 Å². The Morgan fingerprint density at radius 2 is 1.93 bits per heavy atom. The molecule has 0 aromatic heterocycles. The summed E-state index contributed by atoms with van der Waals surface area (Å²) in [6.45, 7) is 10.5. The van der Waals surface area contributed by atoms with E-state index in [9.17, 15) is 0 Å². The Kier molecular flexibility index (Phi) is 12.0. The van der Waals surface area contributed by atoms with Crippen LogP contribution in [0.1, 0.15) is 39.0 Å². The van der Waals surface area contributed by atoms with E-state index in [-0.39, 0.29) is 36.2 Å². The lowest BCUT2D eigenvalue weighted by Crippen LogP contribution is -2.53. The van der Waals surface area contributed by atoms with Crippen LogP contribution in [-0.4, -0.2) is 88.9 Å². The molecule has 0 aromatic carbocycles. The van der Waals surface area contributed by atoms with Crippen molar-refractivity contribution in [3.8, 4) is 0 Å². The number of ether oxygens (including phenoxy) is 4. The summed E-state index contributed by atoms with van der Waals surface area (Å²) in [5.41, 5.74) is 0. The van der Waals surface area contributed by atoms with Crippen molar-refractivity contribution in [1.82, 2.24) is 10.2 Å². The van der Waals surface area contributed by atoms with Gasteiger partial charge in [-0.15, -0.1) is 24.0 Å². The van der Waals surface area contributed by atoms with Crippen LogP contribution >= 0.6 is 24.0 Å². The van der Waals surface area contributed by atoms with Gasteiger partial charge in [0.15, 0.2) is 5.96 Å². The molecule has 0 saturated carbocycles. The number of hydrogen-bond donors (Lipinski definition) is 1.